The molecule has 4 nitrogen and oxygen atoms in total. The number of carboxylic acid groups (broad SMARTS) is 1. The molecule has 0 amide bonds. The maximum atomic E-state index is 11.8. The van der Waals surface area contributed by atoms with Gasteiger partial charge in [0.2, 0.25) is 0 Å². The molecule has 1 saturated carbocycles. The van der Waals surface area contributed by atoms with Crippen LogP contribution in [0.3, 0.4) is 0 Å². The molecule has 0 bridgehead atoms. The first-order chi connectivity index (χ1) is 8.65. The van der Waals surface area contributed by atoms with E-state index >= 15 is 0 Å². The van der Waals surface area contributed by atoms with Gasteiger partial charge in [0.15, 0.2) is 0 Å². The molecule has 1 unspecified atom stereocenters. The first-order valence-electron chi connectivity index (χ1n) is 5.92. The summed E-state index contributed by atoms with van der Waals surface area (Å²) in [4.78, 5) is 11.2. The van der Waals surface area contributed by atoms with Crippen molar-refractivity contribution in [1.29, 1.82) is 0 Å². The van der Waals surface area contributed by atoms with E-state index in [9.17, 15) is 9.00 Å². The van der Waals surface area contributed by atoms with Crippen LogP contribution in [0, 0.1) is 5.92 Å². The zero-order chi connectivity index (χ0) is 13.0. The minimum Gasteiger partial charge on any atom is -0.481 e. The Morgan fingerprint density at radius 3 is 2.56 bits per heavy atom. The fourth-order valence-electron chi connectivity index (χ4n) is 1.58. The van der Waals surface area contributed by atoms with Crippen LogP contribution in [-0.4, -0.2) is 27.8 Å². The molecule has 0 radical (unpaired) electrons. The summed E-state index contributed by atoms with van der Waals surface area (Å²) in [5.41, 5.74) is 0.710. The Morgan fingerprint density at radius 1 is 1.33 bits per heavy atom. The molecule has 1 atom stereocenters. The number of rotatable bonds is 7. The van der Waals surface area contributed by atoms with Gasteiger partial charge in [-0.1, -0.05) is 12.1 Å². The van der Waals surface area contributed by atoms with Gasteiger partial charge < -0.3 is 9.84 Å². The second-order valence-electron chi connectivity index (χ2n) is 4.49. The molecule has 0 aliphatic heterocycles. The Bertz CT molecular complexity index is 437. The maximum absolute atomic E-state index is 11.8. The Kier molecular flexibility index (Phi) is 4.49. The lowest BCUT2D eigenvalue weighted by molar-refractivity contribution is -0.136. The molecule has 1 N–H and O–H groups in total. The van der Waals surface area contributed by atoms with E-state index in [4.69, 9.17) is 9.84 Å². The summed E-state index contributed by atoms with van der Waals surface area (Å²) >= 11 is 0. The summed E-state index contributed by atoms with van der Waals surface area (Å²) in [6.07, 6.45) is 2.43. The van der Waals surface area contributed by atoms with E-state index in [2.05, 4.69) is 0 Å². The normalized spacial score (nSPS) is 16.4. The van der Waals surface area contributed by atoms with Crippen LogP contribution in [0.4, 0.5) is 0 Å². The first kappa shape index (κ1) is 13.2. The molecule has 1 aliphatic rings. The lowest BCUT2D eigenvalue weighted by Gasteiger charge is -2.04. The number of hydrogen-bond donors (Lipinski definition) is 1. The van der Waals surface area contributed by atoms with Gasteiger partial charge in [-0.3, -0.25) is 9.00 Å². The van der Waals surface area contributed by atoms with Crippen molar-refractivity contribution in [3.8, 4) is 0 Å². The Labute approximate surface area is 108 Å². The number of benzene rings is 1. The van der Waals surface area contributed by atoms with Gasteiger partial charge in [0.1, 0.15) is 5.94 Å². The van der Waals surface area contributed by atoms with Crippen molar-refractivity contribution in [3.05, 3.63) is 29.8 Å². The standard InChI is InChI=1S/C13H16O4S/c14-13(15)7-10-3-5-12(6-4-10)18(16)9-17-8-11-1-2-11/h3-6,11H,1-2,7-9H2,(H,14,15). The van der Waals surface area contributed by atoms with E-state index < -0.39 is 16.8 Å². The van der Waals surface area contributed by atoms with E-state index in [1.54, 1.807) is 24.3 Å². The topological polar surface area (TPSA) is 63.6 Å². The van der Waals surface area contributed by atoms with Gasteiger partial charge in [-0.25, -0.2) is 0 Å². The third kappa shape index (κ3) is 4.23. The van der Waals surface area contributed by atoms with Crippen LogP contribution in [0.25, 0.3) is 0 Å². The minimum atomic E-state index is -1.16. The second-order valence-corrected chi connectivity index (χ2v) is 5.89. The van der Waals surface area contributed by atoms with Crippen LogP contribution in [0.1, 0.15) is 18.4 Å². The molecule has 18 heavy (non-hydrogen) atoms. The number of hydrogen-bond acceptors (Lipinski definition) is 3. The summed E-state index contributed by atoms with van der Waals surface area (Å²) in [6.45, 7) is 0.697. The van der Waals surface area contributed by atoms with Gasteiger partial charge in [-0.05, 0) is 36.5 Å². The van der Waals surface area contributed by atoms with Crippen molar-refractivity contribution in [2.45, 2.75) is 24.2 Å². The van der Waals surface area contributed by atoms with E-state index in [0.29, 0.717) is 23.0 Å². The molecular formula is C13H16O4S. The number of carbonyl (C=O) groups is 1. The highest BCUT2D eigenvalue weighted by Crippen LogP contribution is 2.28. The maximum Gasteiger partial charge on any atom is 0.307 e. The molecular weight excluding hydrogens is 252 g/mol. The highest BCUT2D eigenvalue weighted by atomic mass is 32.2. The van der Waals surface area contributed by atoms with E-state index in [1.165, 1.54) is 12.8 Å². The Balaban J connectivity index is 1.83. The summed E-state index contributed by atoms with van der Waals surface area (Å²) in [5, 5.41) is 8.64. The summed E-state index contributed by atoms with van der Waals surface area (Å²) in [7, 11) is -1.16. The molecule has 0 saturated heterocycles. The van der Waals surface area contributed by atoms with Gasteiger partial charge in [-0.15, -0.1) is 0 Å². The SMILES string of the molecule is O=C(O)Cc1ccc(S(=O)COCC2CC2)cc1. The molecule has 1 aliphatic carbocycles. The molecule has 1 aromatic rings. The highest BCUT2D eigenvalue weighted by molar-refractivity contribution is 7.84. The van der Waals surface area contributed by atoms with Crippen LogP contribution >= 0.6 is 0 Å². The van der Waals surface area contributed by atoms with E-state index in [1.807, 2.05) is 0 Å². The molecule has 1 fully saturated rings. The molecule has 5 heteroatoms. The lowest BCUT2D eigenvalue weighted by Crippen LogP contribution is -2.05. The Morgan fingerprint density at radius 2 is 2.00 bits per heavy atom. The van der Waals surface area contributed by atoms with Crippen LogP contribution < -0.4 is 0 Å². The summed E-state index contributed by atoms with van der Waals surface area (Å²) in [6, 6.07) is 6.80. The van der Waals surface area contributed by atoms with Crippen LogP contribution in [0.2, 0.25) is 0 Å². The van der Waals surface area contributed by atoms with Gasteiger partial charge in [0.25, 0.3) is 0 Å². The van der Waals surface area contributed by atoms with Crippen molar-refractivity contribution in [1.82, 2.24) is 0 Å². The highest BCUT2D eigenvalue weighted by Gasteiger charge is 2.21. The van der Waals surface area contributed by atoms with E-state index in [0.717, 1.165) is 0 Å². The Hall–Kier alpha value is -1.20. The van der Waals surface area contributed by atoms with Crippen LogP contribution in [0.15, 0.2) is 29.2 Å². The third-order valence-electron chi connectivity index (χ3n) is 2.78. The van der Waals surface area contributed by atoms with Gasteiger partial charge in [0.05, 0.1) is 23.8 Å². The van der Waals surface area contributed by atoms with Crippen molar-refractivity contribution in [2.24, 2.45) is 5.92 Å². The zero-order valence-electron chi connectivity index (χ0n) is 10.0. The van der Waals surface area contributed by atoms with Crippen molar-refractivity contribution in [3.63, 3.8) is 0 Å². The predicted molar refractivity (Wildman–Crippen MR) is 67.7 cm³/mol. The molecule has 0 aromatic heterocycles. The predicted octanol–water partition coefficient (Wildman–Crippen LogP) is 1.81. The van der Waals surface area contributed by atoms with Crippen LogP contribution in [-0.2, 0) is 26.8 Å². The second kappa shape index (κ2) is 6.11. The van der Waals surface area contributed by atoms with Crippen molar-refractivity contribution in [2.75, 3.05) is 12.5 Å². The monoisotopic (exact) mass is 268 g/mol. The average molecular weight is 268 g/mol. The lowest BCUT2D eigenvalue weighted by atomic mass is 10.2. The third-order valence-corrected chi connectivity index (χ3v) is 3.96. The quantitative estimate of drug-likeness (QED) is 0.819. The minimum absolute atomic E-state index is 0.00883. The number of aliphatic carboxylic acids is 1. The zero-order valence-corrected chi connectivity index (χ0v) is 10.8. The summed E-state index contributed by atoms with van der Waals surface area (Å²) in [5.74, 6) is 0.0194. The molecule has 2 rings (SSSR count). The van der Waals surface area contributed by atoms with Crippen LogP contribution in [0.5, 0.6) is 0 Å². The van der Waals surface area contributed by atoms with E-state index in [-0.39, 0.29) is 12.4 Å². The molecule has 1 aromatic carbocycles. The molecule has 0 spiro atoms. The smallest absolute Gasteiger partial charge is 0.307 e. The number of ether oxygens (including phenoxy) is 1. The van der Waals surface area contributed by atoms with Crippen molar-refractivity contribution < 1.29 is 18.8 Å². The van der Waals surface area contributed by atoms with Crippen molar-refractivity contribution >= 4 is 16.8 Å². The fourth-order valence-corrected chi connectivity index (χ4v) is 2.40. The average Bonchev–Trinajstić information content (AvgIpc) is 3.13. The van der Waals surface area contributed by atoms with Gasteiger partial charge in [-0.2, -0.15) is 0 Å². The van der Waals surface area contributed by atoms with Gasteiger partial charge in [0, 0.05) is 4.90 Å². The largest absolute Gasteiger partial charge is 0.481 e. The molecule has 98 valence electrons. The molecule has 0 heterocycles. The van der Waals surface area contributed by atoms with Gasteiger partial charge >= 0.3 is 5.97 Å². The fraction of sp³-hybridized carbons (Fsp3) is 0.462. The summed E-state index contributed by atoms with van der Waals surface area (Å²) < 4.78 is 17.2. The first-order valence-corrected chi connectivity index (χ1v) is 7.24. The number of carboxylic acids is 1.